The summed E-state index contributed by atoms with van der Waals surface area (Å²) in [7, 11) is -3.15. The number of aromatic nitrogens is 6. The first-order valence-corrected chi connectivity index (χ1v) is 51.1. The summed E-state index contributed by atoms with van der Waals surface area (Å²) in [5, 5.41) is 19.0. The molecule has 21 rings (SSSR count). The van der Waals surface area contributed by atoms with E-state index in [0.717, 1.165) is 128 Å². The predicted octanol–water partition coefficient (Wildman–Crippen LogP) is 30.8. The maximum absolute atomic E-state index is 14.3. The predicted molar refractivity (Wildman–Crippen MR) is 540 cm³/mol. The van der Waals surface area contributed by atoms with E-state index in [4.69, 9.17) is 25.7 Å². The van der Waals surface area contributed by atoms with Crippen LogP contribution < -0.4 is 10.4 Å². The van der Waals surface area contributed by atoms with E-state index in [9.17, 15) is 4.39 Å². The number of hydrogen-bond donors (Lipinski definition) is 0. The molecule has 6 aromatic heterocycles. The summed E-state index contributed by atoms with van der Waals surface area (Å²) in [4.78, 5) is 19.6. The number of halogens is 1. The van der Waals surface area contributed by atoms with Crippen molar-refractivity contribution in [1.82, 2.24) is 29.1 Å². The number of fused-ring (bicyclic) bond motifs is 16. The van der Waals surface area contributed by atoms with E-state index in [2.05, 4.69) is 306 Å². The van der Waals surface area contributed by atoms with Gasteiger partial charge < -0.3 is 27.9 Å². The Hall–Kier alpha value is -11.9. The van der Waals surface area contributed by atoms with Gasteiger partial charge in [0.2, 0.25) is 0 Å². The van der Waals surface area contributed by atoms with Gasteiger partial charge in [-0.25, -0.2) is 4.39 Å². The zero-order valence-corrected chi connectivity index (χ0v) is 82.8. The Morgan fingerprint density at radius 3 is 1.55 bits per heavy atom. The third-order valence-electron chi connectivity index (χ3n) is 24.1. The van der Waals surface area contributed by atoms with Gasteiger partial charge in [-0.15, -0.1) is 108 Å². The zero-order chi connectivity index (χ0) is 92.9. The van der Waals surface area contributed by atoms with Crippen molar-refractivity contribution in [2.45, 2.75) is 147 Å². The van der Waals surface area contributed by atoms with Gasteiger partial charge in [0.25, 0.3) is 0 Å². The van der Waals surface area contributed by atoms with Crippen LogP contribution in [0.25, 0.3) is 176 Å². The molecule has 0 saturated carbocycles. The first kappa shape index (κ1) is 84.0. The largest absolute Gasteiger partial charge is 0.501 e. The Labute approximate surface area is 792 Å². The number of pyridine rings is 2. The maximum atomic E-state index is 14.3. The molecule has 650 valence electrons. The van der Waals surface area contributed by atoms with Gasteiger partial charge in [0.15, 0.2) is 0 Å². The second-order valence-electron chi connectivity index (χ2n) is 37.8. The molecule has 0 aliphatic carbocycles. The summed E-state index contributed by atoms with van der Waals surface area (Å²) < 4.78 is 72.2. The molecule has 13 heteroatoms. The van der Waals surface area contributed by atoms with Crippen molar-refractivity contribution in [2.75, 3.05) is 0 Å². The monoisotopic (exact) mass is 2080 g/mol. The molecule has 15 aromatic carbocycles. The Bertz CT molecular complexity index is 8030. The van der Waals surface area contributed by atoms with Gasteiger partial charge >= 0.3 is 0 Å². The van der Waals surface area contributed by atoms with E-state index in [-0.39, 0.29) is 51.6 Å². The number of rotatable bonds is 13. The molecule has 0 aliphatic rings. The number of imidazole rings is 2. The van der Waals surface area contributed by atoms with E-state index in [1.807, 2.05) is 95.3 Å². The van der Waals surface area contributed by atoms with Crippen molar-refractivity contribution < 1.29 is 60.3 Å². The van der Waals surface area contributed by atoms with Gasteiger partial charge in [0, 0.05) is 81.6 Å². The number of aryl methyl sites for hydroxylation is 3. The van der Waals surface area contributed by atoms with Gasteiger partial charge in [-0.2, -0.15) is 0 Å². The van der Waals surface area contributed by atoms with Crippen LogP contribution in [0.1, 0.15) is 120 Å². The Kier molecular flexibility index (Phi) is 23.8. The van der Waals surface area contributed by atoms with E-state index in [1.54, 1.807) is 30.5 Å². The molecule has 6 heterocycles. The Balaban J connectivity index is 0.000000135. The van der Waals surface area contributed by atoms with E-state index >= 15 is 0 Å². The topological polar surface area (TPSA) is 87.7 Å². The van der Waals surface area contributed by atoms with E-state index in [1.165, 1.54) is 82.1 Å². The molecule has 0 amide bonds. The SMILES string of the molecule is CC(C)Cc1cc(-c2[c-]cccc2)ncc1[Si](C)(C)C.CC(C)c1cc2ccccc2c(C(C)C)c1-n1c(-c2[c-]ccc3c2oc2ccc4c5ccccc5ccc4c23)nc2ccccc21.Cc1cc(F)cc(C)c1-n1c(-c2[c-]ccc3c2oc2cc4ccc5ccccc5c4cc23)nc2ccccc21.[2H]C([2H])([2H])c1c[c-]c(-c2cc(C([2H])([2H])C(C)(C)C)c([Si](C)(C)C)cn2)cc1.[Ir].[Ir]. The van der Waals surface area contributed by atoms with Crippen LogP contribution in [0.2, 0.25) is 39.3 Å². The van der Waals surface area contributed by atoms with Crippen LogP contribution in [0.15, 0.2) is 288 Å². The summed E-state index contributed by atoms with van der Waals surface area (Å²) in [5.74, 6) is 2.58. The summed E-state index contributed by atoms with van der Waals surface area (Å²) in [5.41, 5.74) is 20.4. The van der Waals surface area contributed by atoms with Crippen LogP contribution in [0.3, 0.4) is 0 Å². The minimum Gasteiger partial charge on any atom is -0.501 e. The molecule has 0 N–H and O–H groups in total. The van der Waals surface area contributed by atoms with Crippen LogP contribution in [0.5, 0.6) is 0 Å². The quantitative estimate of drug-likeness (QED) is 0.0649. The number of furan rings is 2. The van der Waals surface area contributed by atoms with Crippen LogP contribution in [-0.4, -0.2) is 45.2 Å². The molecule has 0 unspecified atom stereocenters. The van der Waals surface area contributed by atoms with Crippen molar-refractivity contribution >= 4 is 146 Å². The average molecular weight is 2080 g/mol. The third kappa shape index (κ3) is 17.8. The fourth-order valence-electron chi connectivity index (χ4n) is 18.4. The van der Waals surface area contributed by atoms with Crippen molar-refractivity contribution in [2.24, 2.45) is 11.3 Å². The minimum absolute atomic E-state index is 0. The summed E-state index contributed by atoms with van der Waals surface area (Å²) in [6.45, 7) is 34.9. The maximum Gasteiger partial charge on any atom is 0.123 e. The zero-order valence-electron chi connectivity index (χ0n) is 81.0. The van der Waals surface area contributed by atoms with Crippen LogP contribution >= 0.6 is 0 Å². The molecule has 0 spiro atoms. The Morgan fingerprint density at radius 1 is 0.450 bits per heavy atom. The van der Waals surface area contributed by atoms with Gasteiger partial charge in [-0.3, -0.25) is 9.97 Å². The standard InChI is InChI=1S/C43H33N2O.C35H22FN2O.C20H28NSi.C18H24NSi.2Ir/c1-25(2)35-24-28-13-6-8-15-30(28)39(26(3)4)41(35)45-37-19-10-9-18-36(37)44-43(45)34-17-11-16-33-40-32-21-20-27-12-5-7-14-29(27)31(32)22-23-38(40)46-42(33)34;1-20-16-24(36)17-21(2)33(20)38-31-13-6-5-12-30(31)37-35(38)27-11-7-10-26-29-19-28-23(18-32(29)39-34(26)27)15-14-22-8-3-4-9-25(22)28;1-15-8-10-16(11-9-15)18-12-17(13-20(2,3)4)19(14-21-18)22(5,6)7;1-14(2)11-16-12-17(15-9-7-6-8-10-15)19-13-18(16)20(3,4)5;;/h5-16,18-26H,1-4H3;3-10,12-19H,1-2H3;8-10,12,14H,13H2,1-7H3;6-9,12-14H,11H2,1-5H3;;/q4*-1;;/i;;1D3,13D2;;;. The second-order valence-corrected chi connectivity index (χ2v) is 47.9. The molecule has 129 heavy (non-hydrogen) atoms. The van der Waals surface area contributed by atoms with Crippen LogP contribution in [-0.2, 0) is 53.0 Å². The molecule has 0 aliphatic heterocycles. The third-order valence-corrected chi connectivity index (χ3v) is 28.2. The molecular weight excluding hydrogens is 1970 g/mol. The first-order chi connectivity index (χ1) is 63.0. The minimum atomic E-state index is -2.17. The summed E-state index contributed by atoms with van der Waals surface area (Å²) in [6.07, 6.45) is 3.51. The summed E-state index contributed by atoms with van der Waals surface area (Å²) >= 11 is 0. The van der Waals surface area contributed by atoms with Crippen molar-refractivity contribution in [1.29, 1.82) is 0 Å². The van der Waals surface area contributed by atoms with Crippen LogP contribution in [0.4, 0.5) is 4.39 Å². The molecule has 0 saturated heterocycles. The van der Waals surface area contributed by atoms with E-state index in [0.29, 0.717) is 40.4 Å². The van der Waals surface area contributed by atoms with Crippen LogP contribution in [0, 0.1) is 62.1 Å². The number of nitrogens with zero attached hydrogens (tertiary/aromatic N) is 6. The number of para-hydroxylation sites is 4. The van der Waals surface area contributed by atoms with Gasteiger partial charge in [-0.1, -0.05) is 281 Å². The molecule has 2 radical (unpaired) electrons. The molecule has 21 aromatic rings. The average Bonchev–Trinajstić information content (AvgIpc) is 1.44. The molecule has 0 atom stereocenters. The van der Waals surface area contributed by atoms with Crippen molar-refractivity contribution in [3.63, 3.8) is 0 Å². The van der Waals surface area contributed by atoms with Crippen molar-refractivity contribution in [3.8, 4) is 56.7 Å². The van der Waals surface area contributed by atoms with Crippen molar-refractivity contribution in [3.05, 3.63) is 348 Å². The number of benzene rings is 15. The molecule has 0 bridgehead atoms. The fourth-order valence-corrected chi connectivity index (χ4v) is 21.4. The van der Waals surface area contributed by atoms with Gasteiger partial charge in [0.1, 0.15) is 17.0 Å². The second kappa shape index (κ2) is 36.6. The van der Waals surface area contributed by atoms with E-state index < -0.39 is 34.8 Å². The normalized spacial score (nSPS) is 12.8. The fraction of sp³-hybridized carbons (Fsp3) is 0.207. The van der Waals surface area contributed by atoms with Gasteiger partial charge in [0.05, 0.1) is 61.0 Å². The Morgan fingerprint density at radius 2 is 0.969 bits per heavy atom. The smallest absolute Gasteiger partial charge is 0.123 e. The number of hydrogen-bond acceptors (Lipinski definition) is 6. The first-order valence-electron chi connectivity index (χ1n) is 46.6. The van der Waals surface area contributed by atoms with Gasteiger partial charge in [-0.05, 0) is 208 Å². The molecule has 0 fully saturated rings. The molecular formula is C116H107FIr2N6O2Si2-4. The summed E-state index contributed by atoms with van der Waals surface area (Å²) in [6, 6.07) is 104. The molecule has 8 nitrogen and oxygen atoms in total.